The monoisotopic (exact) mass is 393 g/mol. The van der Waals surface area contributed by atoms with Crippen molar-refractivity contribution in [2.24, 2.45) is 0 Å². The Balaban J connectivity index is 2.05. The second-order valence-corrected chi connectivity index (χ2v) is 7.67. The third-order valence-corrected chi connectivity index (χ3v) is 5.32. The van der Waals surface area contributed by atoms with E-state index in [2.05, 4.69) is 13.8 Å². The van der Waals surface area contributed by atoms with Crippen LogP contribution in [0.25, 0.3) is 0 Å². The zero-order valence-corrected chi connectivity index (χ0v) is 17.3. The summed E-state index contributed by atoms with van der Waals surface area (Å²) >= 11 is 0. The zero-order chi connectivity index (χ0) is 21.1. The van der Waals surface area contributed by atoms with E-state index in [0.29, 0.717) is 18.1 Å². The Hall–Kier alpha value is -2.92. The summed E-state index contributed by atoms with van der Waals surface area (Å²) in [4.78, 5) is 27.5. The predicted octanol–water partition coefficient (Wildman–Crippen LogP) is 4.34. The first-order chi connectivity index (χ1) is 13.8. The second kappa shape index (κ2) is 8.62. The number of aliphatic hydroxyl groups excluding tert-OH is 1. The number of aryl methyl sites for hydroxylation is 1. The topological polar surface area (TPSA) is 66.8 Å². The van der Waals surface area contributed by atoms with Crippen molar-refractivity contribution in [3.8, 4) is 0 Å². The number of nitrogens with zero attached hydrogens (tertiary/aromatic N) is 1. The van der Waals surface area contributed by atoms with E-state index in [4.69, 9.17) is 4.74 Å². The number of ketones is 1. The van der Waals surface area contributed by atoms with Crippen LogP contribution in [0.1, 0.15) is 52.9 Å². The Morgan fingerprint density at radius 1 is 1.10 bits per heavy atom. The van der Waals surface area contributed by atoms with Gasteiger partial charge in [0, 0.05) is 19.2 Å². The molecule has 5 heteroatoms. The molecule has 0 aliphatic carbocycles. The molecule has 0 bridgehead atoms. The van der Waals surface area contributed by atoms with E-state index in [1.165, 1.54) is 10.5 Å². The molecule has 0 fully saturated rings. The van der Waals surface area contributed by atoms with Gasteiger partial charge in [-0.25, -0.2) is 0 Å². The summed E-state index contributed by atoms with van der Waals surface area (Å²) in [5.74, 6) is -0.995. The number of carbonyl (C=O) groups excluding carboxylic acids is 2. The Bertz CT molecular complexity index is 926. The Kier molecular flexibility index (Phi) is 6.18. The van der Waals surface area contributed by atoms with Crippen molar-refractivity contribution in [2.45, 2.75) is 32.7 Å². The third kappa shape index (κ3) is 4.10. The van der Waals surface area contributed by atoms with Crippen molar-refractivity contribution in [1.82, 2.24) is 4.90 Å². The number of Topliss-reactive ketones (excluding diaryl/α,β-unsaturated/α-hetero) is 1. The third-order valence-electron chi connectivity index (χ3n) is 5.32. The zero-order valence-electron chi connectivity index (χ0n) is 17.3. The quantitative estimate of drug-likeness (QED) is 0.711. The van der Waals surface area contributed by atoms with Gasteiger partial charge >= 0.3 is 0 Å². The first-order valence-electron chi connectivity index (χ1n) is 9.79. The number of ether oxygens (including phenoxy) is 1. The molecule has 1 unspecified atom stereocenters. The summed E-state index contributed by atoms with van der Waals surface area (Å²) in [6, 6.07) is 14.3. The van der Waals surface area contributed by atoms with Crippen molar-refractivity contribution >= 4 is 11.7 Å². The van der Waals surface area contributed by atoms with E-state index in [9.17, 15) is 14.7 Å². The van der Waals surface area contributed by atoms with Crippen molar-refractivity contribution < 1.29 is 19.4 Å². The van der Waals surface area contributed by atoms with Gasteiger partial charge in [-0.05, 0) is 24.0 Å². The van der Waals surface area contributed by atoms with E-state index in [-0.39, 0.29) is 17.9 Å². The number of carbonyl (C=O) groups is 2. The first-order valence-corrected chi connectivity index (χ1v) is 9.79. The summed E-state index contributed by atoms with van der Waals surface area (Å²) in [6.45, 7) is 6.75. The summed E-state index contributed by atoms with van der Waals surface area (Å²) < 4.78 is 5.14. The molecule has 1 aliphatic rings. The second-order valence-electron chi connectivity index (χ2n) is 7.67. The van der Waals surface area contributed by atoms with Gasteiger partial charge in [-0.15, -0.1) is 0 Å². The average Bonchev–Trinajstić information content (AvgIpc) is 2.97. The lowest BCUT2D eigenvalue weighted by molar-refractivity contribution is -0.130. The van der Waals surface area contributed by atoms with Gasteiger partial charge in [-0.2, -0.15) is 0 Å². The maximum atomic E-state index is 13.3. The molecule has 1 amide bonds. The predicted molar refractivity (Wildman–Crippen MR) is 112 cm³/mol. The highest BCUT2D eigenvalue weighted by atomic mass is 16.5. The maximum Gasteiger partial charge on any atom is 0.290 e. The van der Waals surface area contributed by atoms with Gasteiger partial charge < -0.3 is 14.7 Å². The Morgan fingerprint density at radius 2 is 1.72 bits per heavy atom. The molecular weight excluding hydrogens is 366 g/mol. The highest BCUT2D eigenvalue weighted by molar-refractivity contribution is 6.16. The first kappa shape index (κ1) is 20.8. The smallest absolute Gasteiger partial charge is 0.290 e. The molecular formula is C24H27NO4. The highest BCUT2D eigenvalue weighted by Gasteiger charge is 2.43. The molecule has 29 heavy (non-hydrogen) atoms. The fraction of sp³-hybridized carbons (Fsp3) is 0.333. The van der Waals surface area contributed by atoms with E-state index in [1.807, 2.05) is 43.3 Å². The molecule has 3 rings (SSSR count). The molecule has 5 nitrogen and oxygen atoms in total. The van der Waals surface area contributed by atoms with Crippen LogP contribution >= 0.6 is 0 Å². The van der Waals surface area contributed by atoms with Crippen molar-refractivity contribution in [3.05, 3.63) is 82.1 Å². The molecule has 0 radical (unpaired) electrons. The van der Waals surface area contributed by atoms with Crippen LogP contribution in [0, 0.1) is 6.92 Å². The molecule has 0 spiro atoms. The maximum absolute atomic E-state index is 13.3. The minimum Gasteiger partial charge on any atom is -0.503 e. The fourth-order valence-electron chi connectivity index (χ4n) is 3.58. The van der Waals surface area contributed by atoms with Crippen LogP contribution in [0.2, 0.25) is 0 Å². The summed E-state index contributed by atoms with van der Waals surface area (Å²) in [7, 11) is 1.55. The largest absolute Gasteiger partial charge is 0.503 e. The number of rotatable bonds is 7. The van der Waals surface area contributed by atoms with Gasteiger partial charge in [-0.3, -0.25) is 9.59 Å². The van der Waals surface area contributed by atoms with Crippen LogP contribution in [0.4, 0.5) is 0 Å². The summed E-state index contributed by atoms with van der Waals surface area (Å²) in [5, 5.41) is 10.6. The minimum atomic E-state index is -0.646. The molecule has 0 saturated carbocycles. The lowest BCUT2D eigenvalue weighted by atomic mass is 9.91. The molecule has 2 aromatic carbocycles. The summed E-state index contributed by atoms with van der Waals surface area (Å²) in [6.07, 6.45) is 0. The molecule has 1 N–H and O–H groups in total. The average molecular weight is 393 g/mol. The number of methoxy groups -OCH3 is 1. The molecule has 0 saturated heterocycles. The molecule has 0 aromatic heterocycles. The van der Waals surface area contributed by atoms with Crippen LogP contribution in [-0.4, -0.2) is 42.0 Å². The Morgan fingerprint density at radius 3 is 2.28 bits per heavy atom. The number of amides is 1. The lowest BCUT2D eigenvalue weighted by Crippen LogP contribution is -2.34. The molecule has 1 atom stereocenters. The van der Waals surface area contributed by atoms with E-state index in [0.717, 1.165) is 11.1 Å². The molecule has 1 aliphatic heterocycles. The van der Waals surface area contributed by atoms with Gasteiger partial charge in [0.15, 0.2) is 11.5 Å². The van der Waals surface area contributed by atoms with Gasteiger partial charge in [0.05, 0.1) is 18.2 Å². The van der Waals surface area contributed by atoms with E-state index in [1.54, 1.807) is 19.2 Å². The van der Waals surface area contributed by atoms with Crippen molar-refractivity contribution in [1.29, 1.82) is 0 Å². The van der Waals surface area contributed by atoms with Crippen LogP contribution in [0.15, 0.2) is 59.9 Å². The molecule has 152 valence electrons. The van der Waals surface area contributed by atoms with Gasteiger partial charge in [0.25, 0.3) is 5.91 Å². The number of aliphatic hydroxyl groups is 1. The van der Waals surface area contributed by atoms with Crippen LogP contribution in [0.3, 0.4) is 0 Å². The van der Waals surface area contributed by atoms with Crippen LogP contribution in [0.5, 0.6) is 0 Å². The van der Waals surface area contributed by atoms with Crippen molar-refractivity contribution in [3.63, 3.8) is 0 Å². The van der Waals surface area contributed by atoms with Crippen molar-refractivity contribution in [2.75, 3.05) is 20.3 Å². The van der Waals surface area contributed by atoms with Crippen LogP contribution in [-0.2, 0) is 9.53 Å². The number of hydrogen-bond acceptors (Lipinski definition) is 4. The number of benzene rings is 2. The lowest BCUT2D eigenvalue weighted by Gasteiger charge is -2.27. The molecule has 1 heterocycles. The number of hydrogen-bond donors (Lipinski definition) is 1. The van der Waals surface area contributed by atoms with E-state index < -0.39 is 17.7 Å². The van der Waals surface area contributed by atoms with Gasteiger partial charge in [0.2, 0.25) is 0 Å². The summed E-state index contributed by atoms with van der Waals surface area (Å²) in [5.41, 5.74) is 3.55. The van der Waals surface area contributed by atoms with Gasteiger partial charge in [0.1, 0.15) is 0 Å². The minimum absolute atomic E-state index is 0.118. The fourth-order valence-corrected chi connectivity index (χ4v) is 3.58. The van der Waals surface area contributed by atoms with Gasteiger partial charge in [-0.1, -0.05) is 67.9 Å². The van der Waals surface area contributed by atoms with Crippen LogP contribution < -0.4 is 0 Å². The highest BCUT2D eigenvalue weighted by Crippen LogP contribution is 2.39. The van der Waals surface area contributed by atoms with E-state index >= 15 is 0 Å². The Labute approximate surface area is 171 Å². The molecule has 2 aromatic rings. The normalized spacial score (nSPS) is 16.8. The standard InChI is InChI=1S/C24H27NO4/c1-15(2)17-9-11-18(12-10-17)21-20(22(26)19-7-5-16(3)6-8-19)23(27)24(28)25(21)13-14-29-4/h5-12,15,21,27H,13-14H2,1-4H3. The SMILES string of the molecule is COCCN1C(=O)C(O)=C(C(=O)c2ccc(C)cc2)C1c1ccc(C(C)C)cc1.